The Balaban J connectivity index is 2.07. The summed E-state index contributed by atoms with van der Waals surface area (Å²) in [6, 6.07) is 12.7. The Kier molecular flexibility index (Phi) is 5.94. The molecule has 0 fully saturated rings. The molecule has 0 unspecified atom stereocenters. The smallest absolute Gasteiger partial charge is 0.282 e. The summed E-state index contributed by atoms with van der Waals surface area (Å²) in [6.07, 6.45) is 0. The first-order valence-corrected chi connectivity index (χ1v) is 9.86. The van der Waals surface area contributed by atoms with Crippen molar-refractivity contribution >= 4 is 28.8 Å². The Morgan fingerprint density at radius 2 is 1.58 bits per heavy atom. The van der Waals surface area contributed by atoms with Crippen molar-refractivity contribution in [3.63, 3.8) is 0 Å². The zero-order valence-electron chi connectivity index (χ0n) is 18.0. The van der Waals surface area contributed by atoms with Gasteiger partial charge < -0.3 is 10.0 Å². The molecule has 31 heavy (non-hydrogen) atoms. The minimum absolute atomic E-state index is 0.0772. The number of rotatable bonds is 6. The maximum Gasteiger partial charge on any atom is 0.282 e. The monoisotopic (exact) mass is 423 g/mol. The minimum atomic E-state index is -0.526. The molecule has 1 N–H and O–H groups in total. The van der Waals surface area contributed by atoms with E-state index in [2.05, 4.69) is 20.8 Å². The molecule has 8 nitrogen and oxygen atoms in total. The van der Waals surface area contributed by atoms with E-state index in [1.807, 2.05) is 12.1 Å². The molecule has 1 heterocycles. The molecule has 0 atom stereocenters. The highest BCUT2D eigenvalue weighted by Crippen LogP contribution is 2.35. The number of amides is 2. The predicted octanol–water partition coefficient (Wildman–Crippen LogP) is 3.10. The van der Waals surface area contributed by atoms with Crippen LogP contribution in [0.1, 0.15) is 31.9 Å². The highest BCUT2D eigenvalue weighted by atomic mass is 16.6. The van der Waals surface area contributed by atoms with Crippen molar-refractivity contribution in [2.45, 2.75) is 26.2 Å². The molecule has 1 aliphatic heterocycles. The van der Waals surface area contributed by atoms with E-state index in [1.54, 1.807) is 19.2 Å². The van der Waals surface area contributed by atoms with Crippen molar-refractivity contribution in [2.75, 3.05) is 25.1 Å². The van der Waals surface area contributed by atoms with Gasteiger partial charge in [0.25, 0.3) is 17.5 Å². The predicted molar refractivity (Wildman–Crippen MR) is 117 cm³/mol. The van der Waals surface area contributed by atoms with Crippen molar-refractivity contribution in [1.82, 2.24) is 4.90 Å². The lowest BCUT2D eigenvalue weighted by Gasteiger charge is -2.22. The Bertz CT molecular complexity index is 1050. The third-order valence-corrected chi connectivity index (χ3v) is 5.23. The third-order valence-electron chi connectivity index (χ3n) is 5.23. The lowest BCUT2D eigenvalue weighted by Crippen LogP contribution is -2.35. The number of carbonyl (C=O) groups excluding carboxylic acids is 2. The quantitative estimate of drug-likeness (QED) is 0.435. The van der Waals surface area contributed by atoms with Gasteiger partial charge in [-0.3, -0.25) is 19.7 Å². The summed E-state index contributed by atoms with van der Waals surface area (Å²) >= 11 is 0. The second-order valence-corrected chi connectivity index (χ2v) is 8.42. The van der Waals surface area contributed by atoms with E-state index in [0.29, 0.717) is 11.3 Å². The SMILES string of the molecule is CN(CCO)C1=C(c2ccc([N+](=O)[O-])cc2)C(=O)N(c2ccc(C(C)(C)C)cc2)C1=O. The number of nitro groups is 1. The molecule has 0 aliphatic carbocycles. The van der Waals surface area contributed by atoms with Crippen molar-refractivity contribution in [3.05, 3.63) is 75.5 Å². The number of carbonyl (C=O) groups is 2. The highest BCUT2D eigenvalue weighted by molar-refractivity contribution is 6.45. The van der Waals surface area contributed by atoms with E-state index in [0.717, 1.165) is 10.5 Å². The van der Waals surface area contributed by atoms with Crippen LogP contribution in [-0.4, -0.2) is 46.9 Å². The average molecular weight is 423 g/mol. The zero-order chi connectivity index (χ0) is 22.9. The number of imide groups is 1. The first kappa shape index (κ1) is 22.2. The molecular weight excluding hydrogens is 398 g/mol. The maximum absolute atomic E-state index is 13.4. The van der Waals surface area contributed by atoms with Gasteiger partial charge in [0.1, 0.15) is 5.70 Å². The van der Waals surface area contributed by atoms with E-state index in [9.17, 15) is 24.8 Å². The van der Waals surface area contributed by atoms with E-state index in [-0.39, 0.29) is 35.5 Å². The Morgan fingerprint density at radius 1 is 1.00 bits per heavy atom. The van der Waals surface area contributed by atoms with Gasteiger partial charge in [0.05, 0.1) is 22.8 Å². The summed E-state index contributed by atoms with van der Waals surface area (Å²) in [6.45, 7) is 6.18. The van der Waals surface area contributed by atoms with Gasteiger partial charge in [-0.15, -0.1) is 0 Å². The summed E-state index contributed by atoms with van der Waals surface area (Å²) in [4.78, 5) is 39.7. The van der Waals surface area contributed by atoms with Crippen LogP contribution in [0.4, 0.5) is 11.4 Å². The van der Waals surface area contributed by atoms with Crippen LogP contribution < -0.4 is 4.90 Å². The maximum atomic E-state index is 13.4. The molecule has 3 rings (SSSR count). The fourth-order valence-corrected chi connectivity index (χ4v) is 3.49. The highest BCUT2D eigenvalue weighted by Gasteiger charge is 2.41. The van der Waals surface area contributed by atoms with Crippen molar-refractivity contribution in [3.8, 4) is 0 Å². The van der Waals surface area contributed by atoms with Gasteiger partial charge in [0.15, 0.2) is 0 Å². The molecule has 162 valence electrons. The minimum Gasteiger partial charge on any atom is -0.395 e. The molecular formula is C23H25N3O5. The first-order valence-electron chi connectivity index (χ1n) is 9.86. The third kappa shape index (κ3) is 4.20. The second kappa shape index (κ2) is 8.31. The van der Waals surface area contributed by atoms with Crippen LogP contribution >= 0.6 is 0 Å². The second-order valence-electron chi connectivity index (χ2n) is 8.42. The zero-order valence-corrected chi connectivity index (χ0v) is 18.0. The molecule has 0 saturated heterocycles. The van der Waals surface area contributed by atoms with Gasteiger partial charge in [-0.05, 0) is 40.8 Å². The number of hydrogen-bond donors (Lipinski definition) is 1. The summed E-state index contributed by atoms with van der Waals surface area (Å²) in [5, 5.41) is 20.3. The van der Waals surface area contributed by atoms with Crippen molar-refractivity contribution < 1.29 is 19.6 Å². The van der Waals surface area contributed by atoms with Crippen LogP contribution in [0.25, 0.3) is 5.57 Å². The fourth-order valence-electron chi connectivity index (χ4n) is 3.49. The lowest BCUT2D eigenvalue weighted by molar-refractivity contribution is -0.384. The van der Waals surface area contributed by atoms with E-state index >= 15 is 0 Å². The number of non-ortho nitro benzene ring substituents is 1. The fraction of sp³-hybridized carbons (Fsp3) is 0.304. The summed E-state index contributed by atoms with van der Waals surface area (Å²) in [7, 11) is 1.62. The average Bonchev–Trinajstić information content (AvgIpc) is 2.98. The van der Waals surface area contributed by atoms with Gasteiger partial charge in [0.2, 0.25) is 0 Å². The number of anilines is 1. The number of benzene rings is 2. The number of nitro benzene ring substituents is 1. The normalized spacial score (nSPS) is 14.4. The van der Waals surface area contributed by atoms with Crippen molar-refractivity contribution in [1.29, 1.82) is 0 Å². The van der Waals surface area contributed by atoms with E-state index in [1.165, 1.54) is 29.2 Å². The largest absolute Gasteiger partial charge is 0.395 e. The number of likely N-dealkylation sites (N-methyl/N-ethyl adjacent to an activating group) is 1. The Labute approximate surface area is 180 Å². The topological polar surface area (TPSA) is 104 Å². The molecule has 0 radical (unpaired) electrons. The van der Waals surface area contributed by atoms with Crippen LogP contribution in [0.15, 0.2) is 54.2 Å². The molecule has 2 amide bonds. The number of aliphatic hydroxyl groups excluding tert-OH is 1. The molecule has 2 aromatic carbocycles. The van der Waals surface area contributed by atoms with Crippen LogP contribution in [-0.2, 0) is 15.0 Å². The molecule has 2 aromatic rings. The summed E-state index contributed by atoms with van der Waals surface area (Å²) in [5.74, 6) is -1.01. The summed E-state index contributed by atoms with van der Waals surface area (Å²) in [5.41, 5.74) is 2.01. The Morgan fingerprint density at radius 3 is 2.06 bits per heavy atom. The number of aliphatic hydroxyl groups is 1. The van der Waals surface area contributed by atoms with E-state index in [4.69, 9.17) is 0 Å². The number of nitrogens with zero attached hydrogens (tertiary/aromatic N) is 3. The molecule has 0 saturated carbocycles. The first-order chi connectivity index (χ1) is 14.6. The van der Waals surface area contributed by atoms with Gasteiger partial charge in [-0.25, -0.2) is 4.90 Å². The van der Waals surface area contributed by atoms with Crippen LogP contribution in [0.3, 0.4) is 0 Å². The van der Waals surface area contributed by atoms with Gasteiger partial charge in [0, 0.05) is 25.7 Å². The van der Waals surface area contributed by atoms with Crippen molar-refractivity contribution in [2.24, 2.45) is 0 Å². The van der Waals surface area contributed by atoms with Crippen LogP contribution in [0, 0.1) is 10.1 Å². The molecule has 0 spiro atoms. The van der Waals surface area contributed by atoms with Gasteiger partial charge in [-0.1, -0.05) is 32.9 Å². The van der Waals surface area contributed by atoms with Gasteiger partial charge in [-0.2, -0.15) is 0 Å². The standard InChI is InChI=1S/C23H25N3O5/c1-23(2,3)16-7-11-17(12-8-16)25-21(28)19(20(22(25)29)24(4)13-14-27)15-5-9-18(10-6-15)26(30)31/h5-12,27H,13-14H2,1-4H3. The molecule has 8 heteroatoms. The van der Waals surface area contributed by atoms with E-state index < -0.39 is 16.7 Å². The molecule has 1 aliphatic rings. The summed E-state index contributed by atoms with van der Waals surface area (Å²) < 4.78 is 0. The molecule has 0 aromatic heterocycles. The van der Waals surface area contributed by atoms with Crippen LogP contribution in [0.5, 0.6) is 0 Å². The van der Waals surface area contributed by atoms with Gasteiger partial charge >= 0.3 is 0 Å². The molecule has 0 bridgehead atoms. The van der Waals surface area contributed by atoms with Crippen LogP contribution in [0.2, 0.25) is 0 Å². The Hall–Kier alpha value is -3.52. The number of hydrogen-bond acceptors (Lipinski definition) is 6. The lowest BCUT2D eigenvalue weighted by atomic mass is 9.87.